The molecule has 9 heavy (non-hydrogen) atoms. The summed E-state index contributed by atoms with van der Waals surface area (Å²) in [6, 6.07) is 0. The Hall–Kier alpha value is 0.690. The van der Waals surface area contributed by atoms with Gasteiger partial charge in [0.1, 0.15) is 0 Å². The van der Waals surface area contributed by atoms with Crippen molar-refractivity contribution < 1.29 is 0 Å². The van der Waals surface area contributed by atoms with Crippen LogP contribution < -0.4 is 0 Å². The second kappa shape index (κ2) is 5.47. The molecule has 0 saturated heterocycles. The quantitative estimate of drug-likeness (QED) is 0.540. The fourth-order valence-corrected chi connectivity index (χ4v) is 1.06. The SMILES string of the molecule is CC(C)CCCN(C)I. The summed E-state index contributed by atoms with van der Waals surface area (Å²) in [5.74, 6) is 0.862. The van der Waals surface area contributed by atoms with Crippen molar-refractivity contribution in [2.45, 2.75) is 26.7 Å². The van der Waals surface area contributed by atoms with Crippen molar-refractivity contribution in [3.05, 3.63) is 0 Å². The molecule has 1 nitrogen and oxygen atoms in total. The van der Waals surface area contributed by atoms with Crippen LogP contribution in [0.1, 0.15) is 26.7 Å². The van der Waals surface area contributed by atoms with Crippen LogP contribution in [0.25, 0.3) is 0 Å². The number of halogens is 1. The van der Waals surface area contributed by atoms with Crippen molar-refractivity contribution in [2.75, 3.05) is 13.6 Å². The molecule has 0 aliphatic heterocycles. The molecule has 0 atom stereocenters. The molecule has 0 heterocycles. The zero-order chi connectivity index (χ0) is 7.28. The summed E-state index contributed by atoms with van der Waals surface area (Å²) in [7, 11) is 2.11. The molecular weight excluding hydrogens is 225 g/mol. The molecule has 0 spiro atoms. The highest BCUT2D eigenvalue weighted by molar-refractivity contribution is 14.1. The average molecular weight is 241 g/mol. The highest BCUT2D eigenvalue weighted by atomic mass is 127. The van der Waals surface area contributed by atoms with Crippen molar-refractivity contribution >= 4 is 22.9 Å². The highest BCUT2D eigenvalue weighted by Crippen LogP contribution is 2.05. The van der Waals surface area contributed by atoms with Crippen LogP contribution in [-0.4, -0.2) is 16.7 Å². The van der Waals surface area contributed by atoms with E-state index in [0.29, 0.717) is 0 Å². The smallest absolute Gasteiger partial charge is 0.0198 e. The molecule has 0 radical (unpaired) electrons. The Morgan fingerprint density at radius 3 is 2.33 bits per heavy atom. The summed E-state index contributed by atoms with van der Waals surface area (Å²) in [6.07, 6.45) is 2.68. The van der Waals surface area contributed by atoms with Crippen molar-refractivity contribution in [1.82, 2.24) is 3.11 Å². The monoisotopic (exact) mass is 241 g/mol. The third-order valence-corrected chi connectivity index (χ3v) is 1.73. The van der Waals surface area contributed by atoms with Crippen molar-refractivity contribution in [3.63, 3.8) is 0 Å². The third kappa shape index (κ3) is 8.69. The molecule has 0 amide bonds. The molecule has 0 aliphatic carbocycles. The van der Waals surface area contributed by atoms with Gasteiger partial charge in [-0.25, -0.2) is 0 Å². The molecule has 0 unspecified atom stereocenters. The topological polar surface area (TPSA) is 3.24 Å². The number of nitrogens with zero attached hydrogens (tertiary/aromatic N) is 1. The Balaban J connectivity index is 2.91. The van der Waals surface area contributed by atoms with Gasteiger partial charge in [-0.15, -0.1) is 0 Å². The molecule has 56 valence electrons. The standard InChI is InChI=1S/C7H16IN/c1-7(2)5-4-6-9(3)8/h7H,4-6H2,1-3H3. The van der Waals surface area contributed by atoms with Gasteiger partial charge in [0.2, 0.25) is 0 Å². The van der Waals surface area contributed by atoms with E-state index in [4.69, 9.17) is 0 Å². The van der Waals surface area contributed by atoms with Gasteiger partial charge in [0.15, 0.2) is 0 Å². The summed E-state index contributed by atoms with van der Waals surface area (Å²) >= 11 is 2.32. The maximum Gasteiger partial charge on any atom is 0.0198 e. The van der Waals surface area contributed by atoms with Gasteiger partial charge >= 0.3 is 0 Å². The van der Waals surface area contributed by atoms with Gasteiger partial charge in [0.25, 0.3) is 0 Å². The molecule has 0 saturated carbocycles. The molecular formula is C7H16IN. The predicted octanol–water partition coefficient (Wildman–Crippen LogP) is 2.70. The Morgan fingerprint density at radius 2 is 2.00 bits per heavy atom. The van der Waals surface area contributed by atoms with Crippen LogP contribution in [0.15, 0.2) is 0 Å². The van der Waals surface area contributed by atoms with Gasteiger partial charge < -0.3 is 0 Å². The van der Waals surface area contributed by atoms with Gasteiger partial charge in [0.05, 0.1) is 0 Å². The second-order valence-corrected chi connectivity index (χ2v) is 4.51. The fourth-order valence-electron chi connectivity index (χ4n) is 0.717. The Labute approximate surface area is 72.3 Å². The third-order valence-electron chi connectivity index (χ3n) is 1.25. The zero-order valence-corrected chi connectivity index (χ0v) is 8.68. The first-order valence-electron chi connectivity index (χ1n) is 3.50. The van der Waals surface area contributed by atoms with E-state index in [1.807, 2.05) is 0 Å². The zero-order valence-electron chi connectivity index (χ0n) is 6.52. The van der Waals surface area contributed by atoms with E-state index in [-0.39, 0.29) is 0 Å². The van der Waals surface area contributed by atoms with Crippen molar-refractivity contribution in [1.29, 1.82) is 0 Å². The van der Waals surface area contributed by atoms with Gasteiger partial charge in [-0.1, -0.05) is 13.8 Å². The second-order valence-electron chi connectivity index (χ2n) is 2.86. The van der Waals surface area contributed by atoms with E-state index in [1.54, 1.807) is 0 Å². The minimum Gasteiger partial charge on any atom is -0.251 e. The average Bonchev–Trinajstić information content (AvgIpc) is 1.63. The molecule has 0 aromatic heterocycles. The van der Waals surface area contributed by atoms with E-state index in [1.165, 1.54) is 19.4 Å². The molecule has 0 N–H and O–H groups in total. The van der Waals surface area contributed by atoms with Crippen LogP contribution in [0.5, 0.6) is 0 Å². The lowest BCUT2D eigenvalue weighted by Gasteiger charge is -2.07. The Bertz CT molecular complexity index is 53.9. The summed E-state index contributed by atoms with van der Waals surface area (Å²) < 4.78 is 2.21. The molecule has 0 aromatic carbocycles. The molecule has 2 heteroatoms. The van der Waals surface area contributed by atoms with Crippen LogP contribution in [0, 0.1) is 5.92 Å². The van der Waals surface area contributed by atoms with Crippen molar-refractivity contribution in [3.8, 4) is 0 Å². The fraction of sp³-hybridized carbons (Fsp3) is 1.00. The lowest BCUT2D eigenvalue weighted by molar-refractivity contribution is 0.496. The lowest BCUT2D eigenvalue weighted by atomic mass is 10.1. The summed E-state index contributed by atoms with van der Waals surface area (Å²) in [4.78, 5) is 0. The summed E-state index contributed by atoms with van der Waals surface area (Å²) in [5, 5.41) is 0. The van der Waals surface area contributed by atoms with E-state index in [0.717, 1.165) is 5.92 Å². The van der Waals surface area contributed by atoms with E-state index >= 15 is 0 Å². The first-order valence-corrected chi connectivity index (χ1v) is 4.46. The molecule has 0 aromatic rings. The van der Waals surface area contributed by atoms with E-state index < -0.39 is 0 Å². The highest BCUT2D eigenvalue weighted by Gasteiger charge is 1.94. The maximum atomic E-state index is 2.32. The molecule has 0 rings (SSSR count). The maximum absolute atomic E-state index is 2.32. The normalized spacial score (nSPS) is 11.3. The van der Waals surface area contributed by atoms with Gasteiger partial charge in [-0.2, -0.15) is 0 Å². The van der Waals surface area contributed by atoms with E-state index in [2.05, 4.69) is 46.9 Å². The summed E-state index contributed by atoms with van der Waals surface area (Å²) in [6.45, 7) is 5.76. The van der Waals surface area contributed by atoms with Gasteiger partial charge in [-0.05, 0) is 25.8 Å². The van der Waals surface area contributed by atoms with Gasteiger partial charge in [0, 0.05) is 29.4 Å². The van der Waals surface area contributed by atoms with E-state index in [9.17, 15) is 0 Å². The van der Waals surface area contributed by atoms with Crippen LogP contribution in [0.3, 0.4) is 0 Å². The van der Waals surface area contributed by atoms with Crippen LogP contribution in [0.4, 0.5) is 0 Å². The minimum absolute atomic E-state index is 0.862. The first kappa shape index (κ1) is 9.69. The van der Waals surface area contributed by atoms with Crippen LogP contribution in [-0.2, 0) is 0 Å². The molecule has 0 aliphatic rings. The number of rotatable bonds is 4. The largest absolute Gasteiger partial charge is 0.251 e. The Morgan fingerprint density at radius 1 is 1.44 bits per heavy atom. The van der Waals surface area contributed by atoms with Crippen molar-refractivity contribution in [2.24, 2.45) is 5.92 Å². The molecule has 0 fully saturated rings. The van der Waals surface area contributed by atoms with Gasteiger partial charge in [-0.3, -0.25) is 3.11 Å². The Kier molecular flexibility index (Phi) is 5.89. The number of hydrogen-bond acceptors (Lipinski definition) is 1. The lowest BCUT2D eigenvalue weighted by Crippen LogP contribution is -2.06. The predicted molar refractivity (Wildman–Crippen MR) is 50.7 cm³/mol. The number of hydrogen-bond donors (Lipinski definition) is 0. The van der Waals surface area contributed by atoms with Crippen LogP contribution in [0.2, 0.25) is 0 Å². The minimum atomic E-state index is 0.862. The molecule has 0 bridgehead atoms. The summed E-state index contributed by atoms with van der Waals surface area (Å²) in [5.41, 5.74) is 0. The first-order chi connectivity index (χ1) is 4.13. The van der Waals surface area contributed by atoms with Crippen LogP contribution >= 0.6 is 22.9 Å².